The number of nitriles is 1. The van der Waals surface area contributed by atoms with Gasteiger partial charge < -0.3 is 9.64 Å². The summed E-state index contributed by atoms with van der Waals surface area (Å²) in [6.45, 7) is 0.280. The van der Waals surface area contributed by atoms with E-state index in [1.165, 1.54) is 40.5 Å². The Labute approximate surface area is 221 Å². The van der Waals surface area contributed by atoms with Gasteiger partial charge >= 0.3 is 6.09 Å². The van der Waals surface area contributed by atoms with Crippen LogP contribution in [0.1, 0.15) is 65.1 Å². The smallest absolute Gasteiger partial charge is 0.410 e. The number of carbonyl (C=O) groups is 2. The fourth-order valence-electron chi connectivity index (χ4n) is 6.75. The molecule has 6 heteroatoms. The minimum Gasteiger partial charge on any atom is -0.448 e. The molecule has 0 spiro atoms. The van der Waals surface area contributed by atoms with Gasteiger partial charge in [0.2, 0.25) is 0 Å². The molecule has 2 heterocycles. The van der Waals surface area contributed by atoms with Crippen LogP contribution in [0.2, 0.25) is 0 Å². The van der Waals surface area contributed by atoms with E-state index in [0.29, 0.717) is 18.4 Å². The summed E-state index contributed by atoms with van der Waals surface area (Å²) >= 11 is 0. The third-order valence-electron chi connectivity index (χ3n) is 8.49. The molecule has 2 aliphatic heterocycles. The number of benzene rings is 3. The number of halogens is 1. The number of carbonyl (C=O) groups excluding carboxylic acids is 2. The summed E-state index contributed by atoms with van der Waals surface area (Å²) in [4.78, 5) is 28.7. The Hall–Kier alpha value is -3.98. The van der Waals surface area contributed by atoms with Crippen LogP contribution in [0, 0.1) is 23.1 Å². The highest BCUT2D eigenvalue weighted by Crippen LogP contribution is 2.45. The number of hydrogen-bond donors (Lipinski definition) is 0. The number of nitrogens with zero attached hydrogens (tertiary/aromatic N) is 2. The first kappa shape index (κ1) is 24.4. The Balaban J connectivity index is 1.16. The van der Waals surface area contributed by atoms with Crippen molar-refractivity contribution in [1.82, 2.24) is 4.90 Å². The molecule has 3 aromatic rings. The molecule has 3 aromatic carbocycles. The number of Topliss-reactive ketones (excluding diaryl/α,β-unsaturated/α-hetero) is 1. The summed E-state index contributed by atoms with van der Waals surface area (Å²) in [5, 5.41) is 8.97. The van der Waals surface area contributed by atoms with Gasteiger partial charge in [0.15, 0.2) is 5.78 Å². The lowest BCUT2D eigenvalue weighted by Crippen LogP contribution is -2.55. The zero-order valence-corrected chi connectivity index (χ0v) is 21.1. The first-order valence-corrected chi connectivity index (χ1v) is 13.4. The first-order chi connectivity index (χ1) is 18.5. The Bertz CT molecular complexity index is 1390. The van der Waals surface area contributed by atoms with E-state index in [9.17, 15) is 14.0 Å². The first-order valence-electron chi connectivity index (χ1n) is 13.4. The van der Waals surface area contributed by atoms with Crippen LogP contribution in [0.15, 0.2) is 66.7 Å². The number of rotatable bonds is 5. The Morgan fingerprint density at radius 1 is 0.947 bits per heavy atom. The highest BCUT2D eigenvalue weighted by molar-refractivity contribution is 5.98. The molecule has 1 amide bonds. The zero-order chi connectivity index (χ0) is 26.2. The van der Waals surface area contributed by atoms with Gasteiger partial charge in [-0.05, 0) is 72.6 Å². The molecular formula is C32H29FN2O3. The molecule has 0 N–H and O–H groups in total. The van der Waals surface area contributed by atoms with E-state index in [4.69, 9.17) is 10.00 Å². The van der Waals surface area contributed by atoms with Crippen LogP contribution in [0.3, 0.4) is 0 Å². The number of fused-ring (bicyclic) bond motifs is 5. The van der Waals surface area contributed by atoms with E-state index in [0.717, 1.165) is 19.3 Å². The highest BCUT2D eigenvalue weighted by atomic mass is 19.1. The Morgan fingerprint density at radius 2 is 1.58 bits per heavy atom. The third kappa shape index (κ3) is 4.26. The second-order valence-electron chi connectivity index (χ2n) is 10.6. The summed E-state index contributed by atoms with van der Waals surface area (Å²) in [7, 11) is 0. The molecule has 3 aliphatic rings. The Morgan fingerprint density at radius 3 is 2.21 bits per heavy atom. The van der Waals surface area contributed by atoms with E-state index < -0.39 is 5.82 Å². The van der Waals surface area contributed by atoms with Crippen molar-refractivity contribution in [2.75, 3.05) is 6.61 Å². The summed E-state index contributed by atoms with van der Waals surface area (Å²) in [5.74, 6) is -0.729. The molecule has 38 heavy (non-hydrogen) atoms. The van der Waals surface area contributed by atoms with Crippen molar-refractivity contribution < 1.29 is 18.7 Å². The lowest BCUT2D eigenvalue weighted by atomic mass is 9.75. The summed E-state index contributed by atoms with van der Waals surface area (Å²) in [5.41, 5.74) is 5.43. The molecule has 2 saturated heterocycles. The van der Waals surface area contributed by atoms with E-state index in [1.54, 1.807) is 0 Å². The number of piperidine rings is 2. The molecule has 2 bridgehead atoms. The van der Waals surface area contributed by atoms with E-state index >= 15 is 0 Å². The SMILES string of the molecule is N#CCc1cc(C(=O)C2CC3CCCC(C2)N3C(=O)OCC2c3ccccc3-c3ccccc32)ccc1F. The molecule has 0 radical (unpaired) electrons. The minimum absolute atomic E-state index is 0.00592. The predicted molar refractivity (Wildman–Crippen MR) is 141 cm³/mol. The summed E-state index contributed by atoms with van der Waals surface area (Å²) < 4.78 is 20.0. The van der Waals surface area contributed by atoms with Crippen LogP contribution in [0.4, 0.5) is 9.18 Å². The van der Waals surface area contributed by atoms with Crippen LogP contribution in [-0.4, -0.2) is 35.5 Å². The predicted octanol–water partition coefficient (Wildman–Crippen LogP) is 6.66. The van der Waals surface area contributed by atoms with Crippen molar-refractivity contribution in [2.24, 2.45) is 5.92 Å². The highest BCUT2D eigenvalue weighted by Gasteiger charge is 2.44. The van der Waals surface area contributed by atoms with Crippen molar-refractivity contribution in [2.45, 2.75) is 56.5 Å². The monoisotopic (exact) mass is 508 g/mol. The minimum atomic E-state index is -0.468. The van der Waals surface area contributed by atoms with Crippen LogP contribution >= 0.6 is 0 Å². The number of hydrogen-bond acceptors (Lipinski definition) is 4. The van der Waals surface area contributed by atoms with E-state index in [1.807, 2.05) is 35.2 Å². The topological polar surface area (TPSA) is 70.4 Å². The van der Waals surface area contributed by atoms with Crippen molar-refractivity contribution in [3.63, 3.8) is 0 Å². The molecule has 0 aromatic heterocycles. The zero-order valence-electron chi connectivity index (χ0n) is 21.1. The van der Waals surface area contributed by atoms with Gasteiger partial charge in [-0.15, -0.1) is 0 Å². The largest absolute Gasteiger partial charge is 0.448 e. The van der Waals surface area contributed by atoms with Gasteiger partial charge in [-0.3, -0.25) is 4.79 Å². The fraction of sp³-hybridized carbons (Fsp3) is 0.344. The molecule has 6 rings (SSSR count). The molecule has 2 atom stereocenters. The third-order valence-corrected chi connectivity index (χ3v) is 8.49. The van der Waals surface area contributed by atoms with Crippen molar-refractivity contribution in [1.29, 1.82) is 5.26 Å². The van der Waals surface area contributed by atoms with Crippen LogP contribution < -0.4 is 0 Å². The second kappa shape index (κ2) is 10.1. The molecule has 5 nitrogen and oxygen atoms in total. The number of amides is 1. The van der Waals surface area contributed by atoms with E-state index in [2.05, 4.69) is 24.3 Å². The number of ether oxygens (including phenoxy) is 1. The summed E-state index contributed by atoms with van der Waals surface area (Å²) in [6.07, 6.45) is 3.48. The average molecular weight is 509 g/mol. The van der Waals surface area contributed by atoms with Crippen molar-refractivity contribution in [3.05, 3.63) is 94.8 Å². The molecule has 2 unspecified atom stereocenters. The molecule has 192 valence electrons. The van der Waals surface area contributed by atoms with Gasteiger partial charge in [0.05, 0.1) is 12.5 Å². The molecule has 0 saturated carbocycles. The van der Waals surface area contributed by atoms with Crippen LogP contribution in [-0.2, 0) is 11.2 Å². The van der Waals surface area contributed by atoms with Crippen LogP contribution in [0.5, 0.6) is 0 Å². The molecular weight excluding hydrogens is 479 g/mol. The maximum Gasteiger partial charge on any atom is 0.410 e. The van der Waals surface area contributed by atoms with Gasteiger partial charge in [0.1, 0.15) is 12.4 Å². The fourth-order valence-corrected chi connectivity index (χ4v) is 6.75. The van der Waals surface area contributed by atoms with Crippen molar-refractivity contribution >= 4 is 11.9 Å². The van der Waals surface area contributed by atoms with Crippen molar-refractivity contribution in [3.8, 4) is 17.2 Å². The van der Waals surface area contributed by atoms with Gasteiger partial charge in [0, 0.05) is 35.0 Å². The lowest BCUT2D eigenvalue weighted by Gasteiger charge is -2.47. The lowest BCUT2D eigenvalue weighted by molar-refractivity contribution is 0.00650. The maximum atomic E-state index is 14.0. The number of ketones is 1. The quantitative estimate of drug-likeness (QED) is 0.362. The maximum absolute atomic E-state index is 14.0. The average Bonchev–Trinajstić information content (AvgIpc) is 3.25. The Kier molecular flexibility index (Phi) is 6.45. The second-order valence-corrected chi connectivity index (χ2v) is 10.6. The van der Waals surface area contributed by atoms with Crippen LogP contribution in [0.25, 0.3) is 11.1 Å². The van der Waals surface area contributed by atoms with Gasteiger partial charge in [0.25, 0.3) is 0 Å². The van der Waals surface area contributed by atoms with Gasteiger partial charge in [-0.25, -0.2) is 9.18 Å². The summed E-state index contributed by atoms with van der Waals surface area (Å²) in [6, 6.07) is 22.7. The van der Waals surface area contributed by atoms with E-state index in [-0.39, 0.29) is 54.4 Å². The molecule has 1 aliphatic carbocycles. The standard InChI is InChI=1S/C32H29FN2O3/c33-30-13-12-21(16-20(30)14-15-34)31(36)22-17-23-6-5-7-24(18-22)35(23)32(37)38-19-29-27-10-3-1-8-25(27)26-9-2-4-11-28(26)29/h1-4,8-13,16,22-24,29H,5-7,14,17-19H2. The van der Waals surface area contributed by atoms with Gasteiger partial charge in [-0.2, -0.15) is 5.26 Å². The van der Waals surface area contributed by atoms with Gasteiger partial charge in [-0.1, -0.05) is 48.5 Å². The molecule has 2 fully saturated rings. The normalized spacial score (nSPS) is 21.8.